The van der Waals surface area contributed by atoms with Crippen molar-refractivity contribution in [2.45, 2.75) is 5.66 Å². The van der Waals surface area contributed by atoms with Gasteiger partial charge >= 0.3 is 0 Å². The van der Waals surface area contributed by atoms with E-state index in [2.05, 4.69) is 10.6 Å². The van der Waals surface area contributed by atoms with Gasteiger partial charge in [-0.15, -0.1) is 0 Å². The molecule has 0 radical (unpaired) electrons. The molecular weight excluding hydrogens is 396 g/mol. The first-order chi connectivity index (χ1) is 15.0. The maximum Gasteiger partial charge on any atom is 0.253 e. The van der Waals surface area contributed by atoms with Gasteiger partial charge in [0.25, 0.3) is 5.91 Å². The van der Waals surface area contributed by atoms with Gasteiger partial charge in [0.15, 0.2) is 0 Å². The van der Waals surface area contributed by atoms with Crippen LogP contribution in [0.15, 0.2) is 72.8 Å². The maximum absolute atomic E-state index is 13.4. The summed E-state index contributed by atoms with van der Waals surface area (Å²) in [5, 5.41) is 5.61. The van der Waals surface area contributed by atoms with Crippen molar-refractivity contribution in [1.82, 2.24) is 5.32 Å². The Bertz CT molecular complexity index is 1120. The lowest BCUT2D eigenvalue weighted by atomic mass is 10.0. The molecule has 0 aliphatic heterocycles. The molecule has 3 aromatic carbocycles. The molecule has 4 rings (SSSR count). The second-order valence-electron chi connectivity index (χ2n) is 6.99. The summed E-state index contributed by atoms with van der Waals surface area (Å²) in [5.41, 5.74) is -0.694. The Balaban J connectivity index is 1.73. The number of nitrogens with one attached hydrogen (secondary N) is 2. The van der Waals surface area contributed by atoms with E-state index in [4.69, 9.17) is 9.47 Å². The Kier molecular flexibility index (Phi) is 5.17. The number of Topliss-reactive ketones (excluding diaryl/α,β-unsaturated/α-hetero) is 2. The third-order valence-corrected chi connectivity index (χ3v) is 5.17. The minimum Gasteiger partial charge on any atom is -0.497 e. The van der Waals surface area contributed by atoms with Crippen LogP contribution in [0.25, 0.3) is 0 Å². The first-order valence-electron chi connectivity index (χ1n) is 9.56. The predicted molar refractivity (Wildman–Crippen MR) is 115 cm³/mol. The standard InChI is InChI=1S/C24H20N2O5/c1-30-17-11-7-15(8-12-17)23(29)26-24(25-16-9-13-18(31-2)14-10-16)21(27)19-5-3-4-6-20(19)22(24)28/h3-14,25H,1-2H3,(H,26,29). The Labute approximate surface area is 179 Å². The molecule has 1 aliphatic rings. The van der Waals surface area contributed by atoms with Crippen molar-refractivity contribution in [3.05, 3.63) is 89.5 Å². The Hall–Kier alpha value is -4.13. The highest BCUT2D eigenvalue weighted by Crippen LogP contribution is 2.32. The number of fused-ring (bicyclic) bond motifs is 1. The zero-order valence-corrected chi connectivity index (χ0v) is 17.0. The molecule has 0 aromatic heterocycles. The minimum absolute atomic E-state index is 0.253. The third-order valence-electron chi connectivity index (χ3n) is 5.17. The normalized spacial score (nSPS) is 14.0. The van der Waals surface area contributed by atoms with Crippen molar-refractivity contribution >= 4 is 23.2 Å². The van der Waals surface area contributed by atoms with Crippen molar-refractivity contribution in [2.24, 2.45) is 0 Å². The summed E-state index contributed by atoms with van der Waals surface area (Å²) in [7, 11) is 3.07. The van der Waals surface area contributed by atoms with Gasteiger partial charge in [0, 0.05) is 22.4 Å². The fourth-order valence-corrected chi connectivity index (χ4v) is 3.52. The van der Waals surface area contributed by atoms with Gasteiger partial charge in [-0.2, -0.15) is 0 Å². The molecule has 0 spiro atoms. The van der Waals surface area contributed by atoms with Crippen LogP contribution in [0.3, 0.4) is 0 Å². The van der Waals surface area contributed by atoms with Crippen LogP contribution in [0.2, 0.25) is 0 Å². The Morgan fingerprint density at radius 1 is 0.742 bits per heavy atom. The summed E-state index contributed by atoms with van der Waals surface area (Å²) < 4.78 is 10.3. The molecule has 1 aliphatic carbocycles. The first kappa shape index (κ1) is 20.2. The van der Waals surface area contributed by atoms with Crippen molar-refractivity contribution in [2.75, 3.05) is 19.5 Å². The number of benzene rings is 3. The van der Waals surface area contributed by atoms with Crippen LogP contribution in [-0.4, -0.2) is 37.4 Å². The lowest BCUT2D eigenvalue weighted by Gasteiger charge is -2.29. The van der Waals surface area contributed by atoms with Gasteiger partial charge in [0.05, 0.1) is 14.2 Å². The molecule has 7 nitrogen and oxygen atoms in total. The topological polar surface area (TPSA) is 93.7 Å². The fraction of sp³-hybridized carbons (Fsp3) is 0.125. The van der Waals surface area contributed by atoms with Crippen LogP contribution < -0.4 is 20.1 Å². The number of amides is 1. The number of methoxy groups -OCH3 is 2. The number of hydrogen-bond acceptors (Lipinski definition) is 6. The van der Waals surface area contributed by atoms with Gasteiger partial charge in [-0.3, -0.25) is 14.4 Å². The number of rotatable bonds is 6. The largest absolute Gasteiger partial charge is 0.497 e. The first-order valence-corrected chi connectivity index (χ1v) is 9.56. The molecule has 156 valence electrons. The zero-order valence-electron chi connectivity index (χ0n) is 17.0. The van der Waals surface area contributed by atoms with Crippen molar-refractivity contribution in [3.63, 3.8) is 0 Å². The summed E-state index contributed by atoms with van der Waals surface area (Å²) in [6, 6.07) is 19.6. The number of carbonyl (C=O) groups excluding carboxylic acids is 3. The Morgan fingerprint density at radius 2 is 1.23 bits per heavy atom. The maximum atomic E-state index is 13.4. The highest BCUT2D eigenvalue weighted by atomic mass is 16.5. The molecule has 1 amide bonds. The van der Waals surface area contributed by atoms with Crippen LogP contribution >= 0.6 is 0 Å². The quantitative estimate of drug-likeness (QED) is 0.473. The molecule has 0 heterocycles. The number of ether oxygens (including phenoxy) is 2. The monoisotopic (exact) mass is 416 g/mol. The lowest BCUT2D eigenvalue weighted by molar-refractivity contribution is 0.0726. The molecular formula is C24H20N2O5. The summed E-state index contributed by atoms with van der Waals surface area (Å²) in [4.78, 5) is 39.8. The fourth-order valence-electron chi connectivity index (χ4n) is 3.52. The molecule has 0 unspecified atom stereocenters. The van der Waals surface area contributed by atoms with Gasteiger partial charge in [0.1, 0.15) is 11.5 Å². The van der Waals surface area contributed by atoms with Gasteiger partial charge in [-0.25, -0.2) is 0 Å². The van der Waals surface area contributed by atoms with E-state index >= 15 is 0 Å². The molecule has 0 atom stereocenters. The molecule has 0 saturated carbocycles. The van der Waals surface area contributed by atoms with Gasteiger partial charge in [-0.1, -0.05) is 24.3 Å². The van der Waals surface area contributed by atoms with Crippen molar-refractivity contribution < 1.29 is 23.9 Å². The van der Waals surface area contributed by atoms with E-state index in [0.29, 0.717) is 17.2 Å². The van der Waals surface area contributed by atoms with E-state index in [9.17, 15) is 14.4 Å². The lowest BCUT2D eigenvalue weighted by Crippen LogP contribution is -2.62. The van der Waals surface area contributed by atoms with Gasteiger partial charge in [0.2, 0.25) is 17.2 Å². The smallest absolute Gasteiger partial charge is 0.253 e. The average molecular weight is 416 g/mol. The number of ketones is 2. The van der Waals surface area contributed by atoms with Crippen LogP contribution in [-0.2, 0) is 0 Å². The van der Waals surface area contributed by atoms with E-state index in [1.54, 1.807) is 79.9 Å². The van der Waals surface area contributed by atoms with Gasteiger partial charge < -0.3 is 20.1 Å². The summed E-state index contributed by atoms with van der Waals surface area (Å²) >= 11 is 0. The molecule has 0 bridgehead atoms. The molecule has 7 heteroatoms. The zero-order chi connectivity index (χ0) is 22.0. The third kappa shape index (κ3) is 3.50. The molecule has 3 aromatic rings. The predicted octanol–water partition coefficient (Wildman–Crippen LogP) is 3.32. The molecule has 0 fully saturated rings. The van der Waals surface area contributed by atoms with Crippen LogP contribution in [0, 0.1) is 0 Å². The van der Waals surface area contributed by atoms with E-state index < -0.39 is 23.1 Å². The highest BCUT2D eigenvalue weighted by molar-refractivity contribution is 6.35. The van der Waals surface area contributed by atoms with Crippen molar-refractivity contribution in [1.29, 1.82) is 0 Å². The number of anilines is 1. The van der Waals surface area contributed by atoms with Crippen LogP contribution in [0.4, 0.5) is 5.69 Å². The van der Waals surface area contributed by atoms with Crippen LogP contribution in [0.1, 0.15) is 31.1 Å². The summed E-state index contributed by atoms with van der Waals surface area (Å²) in [5.74, 6) is -0.410. The number of carbonyl (C=O) groups is 3. The molecule has 0 saturated heterocycles. The number of hydrogen-bond donors (Lipinski definition) is 2. The van der Waals surface area contributed by atoms with E-state index in [1.165, 1.54) is 7.11 Å². The average Bonchev–Trinajstić information content (AvgIpc) is 3.01. The van der Waals surface area contributed by atoms with E-state index in [-0.39, 0.29) is 16.7 Å². The second kappa shape index (κ2) is 7.95. The second-order valence-corrected chi connectivity index (χ2v) is 6.99. The molecule has 31 heavy (non-hydrogen) atoms. The summed E-state index contributed by atoms with van der Waals surface area (Å²) in [6.45, 7) is 0. The van der Waals surface area contributed by atoms with E-state index in [1.807, 2.05) is 0 Å². The summed E-state index contributed by atoms with van der Waals surface area (Å²) in [6.07, 6.45) is 0. The SMILES string of the molecule is COc1ccc(NC2(NC(=O)c3ccc(OC)cc3)C(=O)c3ccccc3C2=O)cc1. The van der Waals surface area contributed by atoms with E-state index in [0.717, 1.165) is 0 Å². The van der Waals surface area contributed by atoms with Gasteiger partial charge in [-0.05, 0) is 48.5 Å². The highest BCUT2D eigenvalue weighted by Gasteiger charge is 2.54. The van der Waals surface area contributed by atoms with Crippen molar-refractivity contribution in [3.8, 4) is 11.5 Å². The minimum atomic E-state index is -1.96. The van der Waals surface area contributed by atoms with Crippen LogP contribution in [0.5, 0.6) is 11.5 Å². The Morgan fingerprint density at radius 3 is 1.71 bits per heavy atom. The molecule has 2 N–H and O–H groups in total.